The molecule has 0 fully saturated rings. The molecule has 0 saturated heterocycles. The molecule has 0 aliphatic heterocycles. The SMILES string of the molecule is CCC(N)CCc1cc2c(s1)CCCC2. The van der Waals surface area contributed by atoms with Crippen molar-refractivity contribution >= 4 is 11.3 Å². The molecule has 0 radical (unpaired) electrons. The predicted octanol–water partition coefficient (Wildman–Crippen LogP) is 3.30. The van der Waals surface area contributed by atoms with Crippen LogP contribution in [0.1, 0.15) is 47.9 Å². The normalized spacial score (nSPS) is 17.5. The Kier molecular flexibility index (Phi) is 3.81. The summed E-state index contributed by atoms with van der Waals surface area (Å²) in [7, 11) is 0. The standard InChI is InChI=1S/C13H21NS/c1-2-11(14)7-8-12-9-10-5-3-4-6-13(10)15-12/h9,11H,2-8,14H2,1H3. The Hall–Kier alpha value is -0.340. The van der Waals surface area contributed by atoms with Gasteiger partial charge in [0.1, 0.15) is 0 Å². The number of nitrogens with two attached hydrogens (primary N) is 1. The number of thiophene rings is 1. The number of fused-ring (bicyclic) bond motifs is 1. The Balaban J connectivity index is 1.94. The lowest BCUT2D eigenvalue weighted by atomic mass is 9.99. The van der Waals surface area contributed by atoms with Crippen molar-refractivity contribution in [3.63, 3.8) is 0 Å². The van der Waals surface area contributed by atoms with E-state index in [0.717, 1.165) is 12.8 Å². The number of aryl methyl sites for hydroxylation is 3. The van der Waals surface area contributed by atoms with Crippen LogP contribution in [0.15, 0.2) is 6.07 Å². The van der Waals surface area contributed by atoms with Crippen molar-refractivity contribution in [2.75, 3.05) is 0 Å². The summed E-state index contributed by atoms with van der Waals surface area (Å²) in [6.45, 7) is 2.17. The highest BCUT2D eigenvalue weighted by atomic mass is 32.1. The first-order valence-corrected chi connectivity index (χ1v) is 6.97. The van der Waals surface area contributed by atoms with Crippen LogP contribution >= 0.6 is 11.3 Å². The Morgan fingerprint density at radius 3 is 2.93 bits per heavy atom. The lowest BCUT2D eigenvalue weighted by molar-refractivity contribution is 0.598. The van der Waals surface area contributed by atoms with Gasteiger partial charge in [0, 0.05) is 15.8 Å². The Morgan fingerprint density at radius 2 is 2.20 bits per heavy atom. The van der Waals surface area contributed by atoms with Gasteiger partial charge in [0.05, 0.1) is 0 Å². The molecule has 84 valence electrons. The summed E-state index contributed by atoms with van der Waals surface area (Å²) in [5.41, 5.74) is 7.58. The highest BCUT2D eigenvalue weighted by molar-refractivity contribution is 7.12. The quantitative estimate of drug-likeness (QED) is 0.833. The Bertz CT molecular complexity index is 293. The average molecular weight is 223 g/mol. The van der Waals surface area contributed by atoms with Gasteiger partial charge < -0.3 is 5.73 Å². The molecule has 0 bridgehead atoms. The van der Waals surface area contributed by atoms with Crippen molar-refractivity contribution in [1.82, 2.24) is 0 Å². The van der Waals surface area contributed by atoms with Gasteiger partial charge in [0.25, 0.3) is 0 Å². The summed E-state index contributed by atoms with van der Waals surface area (Å²) < 4.78 is 0. The van der Waals surface area contributed by atoms with Crippen molar-refractivity contribution in [2.45, 2.75) is 57.9 Å². The highest BCUT2D eigenvalue weighted by Crippen LogP contribution is 2.30. The molecular formula is C13H21NS. The van der Waals surface area contributed by atoms with Gasteiger partial charge in [-0.15, -0.1) is 11.3 Å². The zero-order chi connectivity index (χ0) is 10.7. The second-order valence-corrected chi connectivity index (χ2v) is 5.80. The van der Waals surface area contributed by atoms with Gasteiger partial charge in [-0.1, -0.05) is 6.92 Å². The maximum absolute atomic E-state index is 5.95. The first kappa shape index (κ1) is 11.2. The largest absolute Gasteiger partial charge is 0.328 e. The smallest absolute Gasteiger partial charge is 0.00801 e. The van der Waals surface area contributed by atoms with Crippen LogP contribution in [0.5, 0.6) is 0 Å². The zero-order valence-electron chi connectivity index (χ0n) is 9.59. The van der Waals surface area contributed by atoms with Gasteiger partial charge in [-0.05, 0) is 56.6 Å². The van der Waals surface area contributed by atoms with Crippen LogP contribution in [-0.4, -0.2) is 6.04 Å². The Labute approximate surface area is 96.7 Å². The van der Waals surface area contributed by atoms with Crippen molar-refractivity contribution in [1.29, 1.82) is 0 Å². The molecule has 1 aromatic heterocycles. The molecular weight excluding hydrogens is 202 g/mol. The van der Waals surface area contributed by atoms with E-state index in [2.05, 4.69) is 13.0 Å². The molecule has 1 aliphatic rings. The first-order chi connectivity index (χ1) is 7.29. The van der Waals surface area contributed by atoms with Crippen LogP contribution < -0.4 is 5.73 Å². The summed E-state index contributed by atoms with van der Waals surface area (Å²) in [5.74, 6) is 0. The first-order valence-electron chi connectivity index (χ1n) is 6.15. The van der Waals surface area contributed by atoms with E-state index in [9.17, 15) is 0 Å². The van der Waals surface area contributed by atoms with Crippen LogP contribution in [0.25, 0.3) is 0 Å². The molecule has 2 heteroatoms. The fraction of sp³-hybridized carbons (Fsp3) is 0.692. The minimum Gasteiger partial charge on any atom is -0.328 e. The van der Waals surface area contributed by atoms with Gasteiger partial charge in [0.15, 0.2) is 0 Å². The van der Waals surface area contributed by atoms with Crippen molar-refractivity contribution in [2.24, 2.45) is 5.73 Å². The monoisotopic (exact) mass is 223 g/mol. The lowest BCUT2D eigenvalue weighted by Gasteiger charge is -2.08. The van der Waals surface area contributed by atoms with E-state index in [1.165, 1.54) is 32.1 Å². The number of rotatable bonds is 4. The van der Waals surface area contributed by atoms with E-state index in [4.69, 9.17) is 5.73 Å². The molecule has 1 atom stereocenters. The third-order valence-corrected chi connectivity index (χ3v) is 4.63. The van der Waals surface area contributed by atoms with Gasteiger partial charge in [-0.25, -0.2) is 0 Å². The van der Waals surface area contributed by atoms with Gasteiger partial charge in [0.2, 0.25) is 0 Å². The van der Waals surface area contributed by atoms with Crippen LogP contribution in [0, 0.1) is 0 Å². The molecule has 0 saturated carbocycles. The molecule has 2 N–H and O–H groups in total. The van der Waals surface area contributed by atoms with Crippen molar-refractivity contribution < 1.29 is 0 Å². The van der Waals surface area contributed by atoms with Crippen molar-refractivity contribution in [3.05, 3.63) is 21.4 Å². The average Bonchev–Trinajstić information content (AvgIpc) is 2.68. The third kappa shape index (κ3) is 2.82. The van der Waals surface area contributed by atoms with E-state index in [-0.39, 0.29) is 0 Å². The molecule has 1 aromatic rings. The van der Waals surface area contributed by atoms with E-state index in [0.29, 0.717) is 6.04 Å². The molecule has 0 amide bonds. The van der Waals surface area contributed by atoms with E-state index >= 15 is 0 Å². The molecule has 0 spiro atoms. The van der Waals surface area contributed by atoms with Gasteiger partial charge in [-0.2, -0.15) is 0 Å². The molecule has 1 heterocycles. The summed E-state index contributed by atoms with van der Waals surface area (Å²) in [5, 5.41) is 0. The van der Waals surface area contributed by atoms with Crippen LogP contribution in [0.4, 0.5) is 0 Å². The molecule has 0 aromatic carbocycles. The second kappa shape index (κ2) is 5.13. The summed E-state index contributed by atoms with van der Waals surface area (Å²) in [6, 6.07) is 2.82. The minimum atomic E-state index is 0.393. The summed E-state index contributed by atoms with van der Waals surface area (Å²) >= 11 is 2.03. The van der Waals surface area contributed by atoms with Gasteiger partial charge >= 0.3 is 0 Å². The highest BCUT2D eigenvalue weighted by Gasteiger charge is 2.13. The lowest BCUT2D eigenvalue weighted by Crippen LogP contribution is -2.18. The van der Waals surface area contributed by atoms with E-state index in [1.807, 2.05) is 11.3 Å². The summed E-state index contributed by atoms with van der Waals surface area (Å²) in [6.07, 6.45) is 8.85. The Morgan fingerprint density at radius 1 is 1.40 bits per heavy atom. The fourth-order valence-electron chi connectivity index (χ4n) is 2.21. The van der Waals surface area contributed by atoms with Gasteiger partial charge in [-0.3, -0.25) is 0 Å². The molecule has 1 aliphatic carbocycles. The number of hydrogen-bond donors (Lipinski definition) is 1. The maximum Gasteiger partial charge on any atom is 0.00801 e. The molecule has 2 rings (SSSR count). The number of hydrogen-bond acceptors (Lipinski definition) is 2. The van der Waals surface area contributed by atoms with Crippen LogP contribution in [0.3, 0.4) is 0 Å². The van der Waals surface area contributed by atoms with Crippen LogP contribution in [-0.2, 0) is 19.3 Å². The summed E-state index contributed by atoms with van der Waals surface area (Å²) in [4.78, 5) is 3.21. The molecule has 1 unspecified atom stereocenters. The minimum absolute atomic E-state index is 0.393. The topological polar surface area (TPSA) is 26.0 Å². The predicted molar refractivity (Wildman–Crippen MR) is 67.5 cm³/mol. The maximum atomic E-state index is 5.95. The molecule has 15 heavy (non-hydrogen) atoms. The molecule has 1 nitrogen and oxygen atoms in total. The van der Waals surface area contributed by atoms with Crippen molar-refractivity contribution in [3.8, 4) is 0 Å². The van der Waals surface area contributed by atoms with E-state index < -0.39 is 0 Å². The second-order valence-electron chi connectivity index (χ2n) is 4.58. The van der Waals surface area contributed by atoms with E-state index in [1.54, 1.807) is 15.3 Å². The fourth-order valence-corrected chi connectivity index (χ4v) is 3.48. The third-order valence-electron chi connectivity index (χ3n) is 3.33. The zero-order valence-corrected chi connectivity index (χ0v) is 10.4. The van der Waals surface area contributed by atoms with Crippen LogP contribution in [0.2, 0.25) is 0 Å².